The number of rotatable bonds is 10. The van der Waals surface area contributed by atoms with Crippen LogP contribution in [0.2, 0.25) is 0 Å². The van der Waals surface area contributed by atoms with Gasteiger partial charge in [-0.2, -0.15) is 0 Å². The van der Waals surface area contributed by atoms with Crippen LogP contribution in [-0.4, -0.2) is 19.5 Å². The first-order chi connectivity index (χ1) is 6.85. The van der Waals surface area contributed by atoms with Gasteiger partial charge in [0.25, 0.3) is 0 Å². The van der Waals surface area contributed by atoms with Gasteiger partial charge in [0.15, 0.2) is 0 Å². The normalized spacial score (nSPS) is 12.7. The number of aldehydes is 1. The molecule has 0 saturated carbocycles. The van der Waals surface area contributed by atoms with Crippen LogP contribution in [0, 0.1) is 12.8 Å². The Bertz CT molecular complexity index is 123. The zero-order chi connectivity index (χ0) is 10.6. The summed E-state index contributed by atoms with van der Waals surface area (Å²) in [5.41, 5.74) is 0. The molecular formula is C12H23O2. The van der Waals surface area contributed by atoms with E-state index in [-0.39, 0.29) is 0 Å². The third-order valence-electron chi connectivity index (χ3n) is 2.40. The minimum absolute atomic E-state index is 0.417. The summed E-state index contributed by atoms with van der Waals surface area (Å²) in [4.78, 5) is 10.3. The second-order valence-electron chi connectivity index (χ2n) is 3.67. The smallest absolute Gasteiger partial charge is 0.120 e. The summed E-state index contributed by atoms with van der Waals surface area (Å²) < 4.78 is 5.51. The summed E-state index contributed by atoms with van der Waals surface area (Å²) >= 11 is 0. The molecule has 0 N–H and O–H groups in total. The van der Waals surface area contributed by atoms with Gasteiger partial charge >= 0.3 is 0 Å². The molecule has 2 heteroatoms. The summed E-state index contributed by atoms with van der Waals surface area (Å²) in [6, 6.07) is 0. The van der Waals surface area contributed by atoms with E-state index in [1.165, 1.54) is 12.8 Å². The van der Waals surface area contributed by atoms with E-state index in [9.17, 15) is 4.79 Å². The number of unbranched alkanes of at least 4 members (excludes halogenated alkanes) is 3. The molecule has 0 heterocycles. The lowest BCUT2D eigenvalue weighted by Gasteiger charge is -2.11. The van der Waals surface area contributed by atoms with Gasteiger partial charge in [-0.3, -0.25) is 0 Å². The monoisotopic (exact) mass is 199 g/mol. The summed E-state index contributed by atoms with van der Waals surface area (Å²) in [7, 11) is 0. The van der Waals surface area contributed by atoms with Crippen LogP contribution in [0.3, 0.4) is 0 Å². The zero-order valence-electron chi connectivity index (χ0n) is 9.34. The van der Waals surface area contributed by atoms with Crippen molar-refractivity contribution in [1.29, 1.82) is 0 Å². The van der Waals surface area contributed by atoms with Crippen molar-refractivity contribution in [2.75, 3.05) is 13.2 Å². The molecular weight excluding hydrogens is 176 g/mol. The van der Waals surface area contributed by atoms with Crippen LogP contribution < -0.4 is 0 Å². The van der Waals surface area contributed by atoms with Crippen molar-refractivity contribution in [3.05, 3.63) is 6.92 Å². The van der Waals surface area contributed by atoms with E-state index < -0.39 is 0 Å². The molecule has 0 fully saturated rings. The lowest BCUT2D eigenvalue weighted by Crippen LogP contribution is -2.10. The van der Waals surface area contributed by atoms with Crippen molar-refractivity contribution in [1.82, 2.24) is 0 Å². The minimum Gasteiger partial charge on any atom is -0.381 e. The molecule has 0 aliphatic heterocycles. The van der Waals surface area contributed by atoms with Gasteiger partial charge in [0, 0.05) is 19.6 Å². The van der Waals surface area contributed by atoms with Crippen molar-refractivity contribution < 1.29 is 9.53 Å². The molecule has 0 aromatic rings. The molecule has 0 amide bonds. The molecule has 0 saturated heterocycles. The molecule has 0 aromatic carbocycles. The Labute approximate surface area is 88.0 Å². The quantitative estimate of drug-likeness (QED) is 0.399. The molecule has 0 aliphatic rings. The van der Waals surface area contributed by atoms with E-state index in [0.717, 1.165) is 38.8 Å². The molecule has 0 spiro atoms. The molecule has 0 aliphatic carbocycles. The van der Waals surface area contributed by atoms with Crippen molar-refractivity contribution >= 4 is 6.29 Å². The maximum atomic E-state index is 10.3. The Kier molecular flexibility index (Phi) is 10.4. The van der Waals surface area contributed by atoms with Gasteiger partial charge in [0.2, 0.25) is 0 Å². The molecule has 1 atom stereocenters. The summed E-state index contributed by atoms with van der Waals surface area (Å²) in [6.07, 6.45) is 7.17. The van der Waals surface area contributed by atoms with Gasteiger partial charge in [-0.05, 0) is 12.3 Å². The standard InChI is InChI=1S/C12H23O2/c1-3-5-6-7-10-14-11-12(4-2)8-9-13/h9,12H,1,3-8,10-11H2,2H3. The molecule has 14 heavy (non-hydrogen) atoms. The lowest BCUT2D eigenvalue weighted by molar-refractivity contribution is -0.109. The maximum absolute atomic E-state index is 10.3. The minimum atomic E-state index is 0.417. The average Bonchev–Trinajstić information content (AvgIpc) is 2.21. The van der Waals surface area contributed by atoms with E-state index in [4.69, 9.17) is 4.74 Å². The first kappa shape index (κ1) is 13.6. The van der Waals surface area contributed by atoms with Crippen LogP contribution in [0.15, 0.2) is 0 Å². The molecule has 0 bridgehead atoms. The fourth-order valence-corrected chi connectivity index (χ4v) is 1.30. The van der Waals surface area contributed by atoms with Gasteiger partial charge in [-0.25, -0.2) is 0 Å². The second-order valence-corrected chi connectivity index (χ2v) is 3.67. The van der Waals surface area contributed by atoms with E-state index in [0.29, 0.717) is 12.3 Å². The molecule has 2 nitrogen and oxygen atoms in total. The number of carbonyl (C=O) groups is 1. The fraction of sp³-hybridized carbons (Fsp3) is 0.833. The Hall–Kier alpha value is -0.370. The van der Waals surface area contributed by atoms with Gasteiger partial charge in [-0.1, -0.05) is 39.5 Å². The number of ether oxygens (including phenoxy) is 1. The van der Waals surface area contributed by atoms with Crippen molar-refractivity contribution in [3.63, 3.8) is 0 Å². The number of hydrogen-bond acceptors (Lipinski definition) is 2. The van der Waals surface area contributed by atoms with E-state index in [1.807, 2.05) is 0 Å². The molecule has 0 rings (SSSR count). The topological polar surface area (TPSA) is 26.3 Å². The van der Waals surface area contributed by atoms with E-state index in [2.05, 4.69) is 13.8 Å². The summed E-state index contributed by atoms with van der Waals surface area (Å²) in [5.74, 6) is 0.417. The molecule has 1 unspecified atom stereocenters. The predicted molar refractivity (Wildman–Crippen MR) is 59.1 cm³/mol. The SMILES string of the molecule is [CH2]CCCCCOCC(CC)CC=O. The van der Waals surface area contributed by atoms with Gasteiger partial charge in [-0.15, -0.1) is 0 Å². The van der Waals surface area contributed by atoms with Gasteiger partial charge in [0.05, 0.1) is 0 Å². The predicted octanol–water partition coefficient (Wildman–Crippen LogP) is 3.01. The summed E-state index contributed by atoms with van der Waals surface area (Å²) in [5, 5.41) is 0. The maximum Gasteiger partial charge on any atom is 0.120 e. The molecule has 0 aromatic heterocycles. The highest BCUT2D eigenvalue weighted by Crippen LogP contribution is 2.07. The molecule has 83 valence electrons. The first-order valence-corrected chi connectivity index (χ1v) is 5.65. The highest BCUT2D eigenvalue weighted by Gasteiger charge is 2.04. The van der Waals surface area contributed by atoms with Crippen LogP contribution in [0.5, 0.6) is 0 Å². The van der Waals surface area contributed by atoms with Crippen LogP contribution in [0.4, 0.5) is 0 Å². The first-order valence-electron chi connectivity index (χ1n) is 5.65. The van der Waals surface area contributed by atoms with Crippen molar-refractivity contribution in [3.8, 4) is 0 Å². The Morgan fingerprint density at radius 3 is 2.71 bits per heavy atom. The number of hydrogen-bond donors (Lipinski definition) is 0. The largest absolute Gasteiger partial charge is 0.381 e. The van der Waals surface area contributed by atoms with Crippen LogP contribution in [0.1, 0.15) is 45.4 Å². The van der Waals surface area contributed by atoms with E-state index in [1.54, 1.807) is 0 Å². The van der Waals surface area contributed by atoms with Gasteiger partial charge < -0.3 is 9.53 Å². The second kappa shape index (κ2) is 10.7. The van der Waals surface area contributed by atoms with Crippen LogP contribution in [0.25, 0.3) is 0 Å². The Balaban J connectivity index is 3.19. The van der Waals surface area contributed by atoms with Crippen molar-refractivity contribution in [2.45, 2.75) is 45.4 Å². The third-order valence-corrected chi connectivity index (χ3v) is 2.40. The highest BCUT2D eigenvalue weighted by atomic mass is 16.5. The zero-order valence-corrected chi connectivity index (χ0v) is 9.34. The lowest BCUT2D eigenvalue weighted by atomic mass is 10.1. The Morgan fingerprint density at radius 2 is 2.14 bits per heavy atom. The Morgan fingerprint density at radius 1 is 1.36 bits per heavy atom. The molecule has 1 radical (unpaired) electrons. The average molecular weight is 199 g/mol. The van der Waals surface area contributed by atoms with Crippen LogP contribution >= 0.6 is 0 Å². The number of carbonyl (C=O) groups excluding carboxylic acids is 1. The third kappa shape index (κ3) is 8.24. The highest BCUT2D eigenvalue weighted by molar-refractivity contribution is 5.49. The van der Waals surface area contributed by atoms with E-state index >= 15 is 0 Å². The fourth-order valence-electron chi connectivity index (χ4n) is 1.30. The van der Waals surface area contributed by atoms with Crippen LogP contribution in [-0.2, 0) is 9.53 Å². The summed E-state index contributed by atoms with van der Waals surface area (Å²) in [6.45, 7) is 7.45. The van der Waals surface area contributed by atoms with Crippen molar-refractivity contribution in [2.24, 2.45) is 5.92 Å². The van der Waals surface area contributed by atoms with Gasteiger partial charge in [0.1, 0.15) is 6.29 Å².